The zero-order valence-electron chi connectivity index (χ0n) is 8.59. The second-order valence-electron chi connectivity index (χ2n) is 4.80. The zero-order chi connectivity index (χ0) is 9.64. The number of nitrogen functional groups attached to an aromatic ring is 1. The Hall–Kier alpha value is -0.980. The Morgan fingerprint density at radius 1 is 1.38 bits per heavy atom. The van der Waals surface area contributed by atoms with Crippen LogP contribution in [0.25, 0.3) is 0 Å². The lowest BCUT2D eigenvalue weighted by Gasteiger charge is -2.18. The molecule has 0 aromatic heterocycles. The molecule has 0 amide bonds. The number of anilines is 1. The lowest BCUT2D eigenvalue weighted by atomic mass is 9.86. The summed E-state index contributed by atoms with van der Waals surface area (Å²) in [6, 6.07) is 6.29. The van der Waals surface area contributed by atoms with Crippen molar-refractivity contribution in [2.24, 2.45) is 0 Å². The fraction of sp³-hybridized carbons (Fsp3) is 0.500. The second kappa shape index (κ2) is 2.50. The van der Waals surface area contributed by atoms with Crippen LogP contribution in [-0.4, -0.2) is 0 Å². The molecule has 1 aromatic rings. The van der Waals surface area contributed by atoms with E-state index in [9.17, 15) is 0 Å². The molecule has 0 saturated heterocycles. The number of hydrogen-bond acceptors (Lipinski definition) is 1. The molecule has 1 aliphatic carbocycles. The first kappa shape index (κ1) is 8.61. The van der Waals surface area contributed by atoms with Crippen LogP contribution in [0.3, 0.4) is 0 Å². The van der Waals surface area contributed by atoms with Crippen molar-refractivity contribution >= 4 is 5.69 Å². The molecular formula is C12H17N. The van der Waals surface area contributed by atoms with Crippen LogP contribution in [-0.2, 0) is 5.41 Å². The molecule has 13 heavy (non-hydrogen) atoms. The number of rotatable bonds is 0. The lowest BCUT2D eigenvalue weighted by Crippen LogP contribution is -2.11. The Kier molecular flexibility index (Phi) is 1.66. The maximum Gasteiger partial charge on any atom is 0.0352 e. The minimum absolute atomic E-state index is 0.310. The fourth-order valence-corrected chi connectivity index (χ4v) is 2.70. The standard InChI is InChI=1S/C12H17N/c1-8-7-12(2,3)9-5-4-6-10(13)11(8)9/h4-6,8H,7,13H2,1-3H3. The summed E-state index contributed by atoms with van der Waals surface area (Å²) in [7, 11) is 0. The van der Waals surface area contributed by atoms with Crippen LogP contribution in [0, 0.1) is 0 Å². The maximum atomic E-state index is 5.98. The van der Waals surface area contributed by atoms with Crippen molar-refractivity contribution in [2.45, 2.75) is 38.5 Å². The predicted molar refractivity (Wildman–Crippen MR) is 56.9 cm³/mol. The molecule has 1 heteroatoms. The predicted octanol–water partition coefficient (Wildman–Crippen LogP) is 3.05. The molecule has 0 aliphatic heterocycles. The second-order valence-corrected chi connectivity index (χ2v) is 4.80. The van der Waals surface area contributed by atoms with E-state index in [0.29, 0.717) is 11.3 Å². The van der Waals surface area contributed by atoms with Gasteiger partial charge in [0.15, 0.2) is 0 Å². The van der Waals surface area contributed by atoms with E-state index in [0.717, 1.165) is 5.69 Å². The van der Waals surface area contributed by atoms with E-state index in [1.54, 1.807) is 0 Å². The summed E-state index contributed by atoms with van der Waals surface area (Å²) in [4.78, 5) is 0. The highest BCUT2D eigenvalue weighted by Crippen LogP contribution is 2.47. The quantitative estimate of drug-likeness (QED) is 0.602. The number of benzene rings is 1. The van der Waals surface area contributed by atoms with Gasteiger partial charge in [-0.2, -0.15) is 0 Å². The molecule has 1 aromatic carbocycles. The van der Waals surface area contributed by atoms with Crippen molar-refractivity contribution in [1.82, 2.24) is 0 Å². The summed E-state index contributed by atoms with van der Waals surface area (Å²) < 4.78 is 0. The van der Waals surface area contributed by atoms with Gasteiger partial charge in [0, 0.05) is 5.69 Å². The van der Waals surface area contributed by atoms with E-state index in [2.05, 4.69) is 32.9 Å². The minimum Gasteiger partial charge on any atom is -0.398 e. The monoisotopic (exact) mass is 175 g/mol. The van der Waals surface area contributed by atoms with Crippen LogP contribution < -0.4 is 5.73 Å². The number of fused-ring (bicyclic) bond motifs is 1. The van der Waals surface area contributed by atoms with Crippen molar-refractivity contribution in [3.8, 4) is 0 Å². The largest absolute Gasteiger partial charge is 0.398 e. The summed E-state index contributed by atoms with van der Waals surface area (Å²) >= 11 is 0. The van der Waals surface area contributed by atoms with Gasteiger partial charge < -0.3 is 5.73 Å². The molecule has 2 rings (SSSR count). The Bertz CT molecular complexity index is 339. The first-order valence-electron chi connectivity index (χ1n) is 4.91. The van der Waals surface area contributed by atoms with E-state index in [1.807, 2.05) is 6.07 Å². The van der Waals surface area contributed by atoms with E-state index >= 15 is 0 Å². The molecular weight excluding hydrogens is 158 g/mol. The van der Waals surface area contributed by atoms with Gasteiger partial charge in [-0.3, -0.25) is 0 Å². The van der Waals surface area contributed by atoms with Crippen LogP contribution in [0.1, 0.15) is 44.2 Å². The van der Waals surface area contributed by atoms with Crippen LogP contribution in [0.5, 0.6) is 0 Å². The molecule has 0 saturated carbocycles. The number of nitrogens with two attached hydrogens (primary N) is 1. The van der Waals surface area contributed by atoms with Crippen molar-refractivity contribution in [1.29, 1.82) is 0 Å². The van der Waals surface area contributed by atoms with Crippen LogP contribution in [0.4, 0.5) is 5.69 Å². The highest BCUT2D eigenvalue weighted by atomic mass is 14.6. The average Bonchev–Trinajstić information content (AvgIpc) is 2.24. The lowest BCUT2D eigenvalue weighted by molar-refractivity contribution is 0.489. The molecule has 0 spiro atoms. The SMILES string of the molecule is CC1CC(C)(C)c2cccc(N)c21. The summed E-state index contributed by atoms with van der Waals surface area (Å²) in [5.74, 6) is 0.617. The van der Waals surface area contributed by atoms with E-state index in [4.69, 9.17) is 5.73 Å². The van der Waals surface area contributed by atoms with Gasteiger partial charge in [0.05, 0.1) is 0 Å². The van der Waals surface area contributed by atoms with Crippen LogP contribution >= 0.6 is 0 Å². The summed E-state index contributed by atoms with van der Waals surface area (Å²) in [5.41, 5.74) is 10.1. The summed E-state index contributed by atoms with van der Waals surface area (Å²) in [5, 5.41) is 0. The van der Waals surface area contributed by atoms with Gasteiger partial charge in [-0.05, 0) is 34.9 Å². The van der Waals surface area contributed by atoms with E-state index < -0.39 is 0 Å². The molecule has 0 radical (unpaired) electrons. The first-order valence-corrected chi connectivity index (χ1v) is 4.91. The van der Waals surface area contributed by atoms with Crippen molar-refractivity contribution in [3.05, 3.63) is 29.3 Å². The van der Waals surface area contributed by atoms with E-state index in [1.165, 1.54) is 17.5 Å². The first-order chi connectivity index (χ1) is 6.02. The number of hydrogen-bond donors (Lipinski definition) is 1. The van der Waals surface area contributed by atoms with Crippen LogP contribution in [0.2, 0.25) is 0 Å². The zero-order valence-corrected chi connectivity index (χ0v) is 8.59. The summed E-state index contributed by atoms with van der Waals surface area (Å²) in [6.07, 6.45) is 1.22. The van der Waals surface area contributed by atoms with Gasteiger partial charge in [-0.25, -0.2) is 0 Å². The Morgan fingerprint density at radius 3 is 2.69 bits per heavy atom. The fourth-order valence-electron chi connectivity index (χ4n) is 2.70. The van der Waals surface area contributed by atoms with Crippen molar-refractivity contribution in [2.75, 3.05) is 5.73 Å². The molecule has 0 bridgehead atoms. The molecule has 1 unspecified atom stereocenters. The Balaban J connectivity index is 2.65. The molecule has 1 nitrogen and oxygen atoms in total. The Morgan fingerprint density at radius 2 is 2.08 bits per heavy atom. The molecule has 1 aliphatic rings. The molecule has 0 fully saturated rings. The van der Waals surface area contributed by atoms with Crippen molar-refractivity contribution < 1.29 is 0 Å². The van der Waals surface area contributed by atoms with Gasteiger partial charge in [0.2, 0.25) is 0 Å². The average molecular weight is 175 g/mol. The van der Waals surface area contributed by atoms with Gasteiger partial charge in [0.25, 0.3) is 0 Å². The third-order valence-corrected chi connectivity index (χ3v) is 3.18. The topological polar surface area (TPSA) is 26.0 Å². The van der Waals surface area contributed by atoms with Gasteiger partial charge in [0.1, 0.15) is 0 Å². The molecule has 1 atom stereocenters. The molecule has 2 N–H and O–H groups in total. The minimum atomic E-state index is 0.310. The molecule has 0 heterocycles. The normalized spacial score (nSPS) is 24.4. The van der Waals surface area contributed by atoms with Crippen LogP contribution in [0.15, 0.2) is 18.2 Å². The smallest absolute Gasteiger partial charge is 0.0352 e. The van der Waals surface area contributed by atoms with Gasteiger partial charge >= 0.3 is 0 Å². The highest BCUT2D eigenvalue weighted by molar-refractivity contribution is 5.57. The van der Waals surface area contributed by atoms with Gasteiger partial charge in [-0.15, -0.1) is 0 Å². The summed E-state index contributed by atoms with van der Waals surface area (Å²) in [6.45, 7) is 6.87. The highest BCUT2D eigenvalue weighted by Gasteiger charge is 2.35. The van der Waals surface area contributed by atoms with E-state index in [-0.39, 0.29) is 0 Å². The van der Waals surface area contributed by atoms with Gasteiger partial charge in [-0.1, -0.05) is 32.9 Å². The van der Waals surface area contributed by atoms with Crippen molar-refractivity contribution in [3.63, 3.8) is 0 Å². The Labute approximate surface area is 80.0 Å². The maximum absolute atomic E-state index is 5.98. The third-order valence-electron chi connectivity index (χ3n) is 3.18. The molecule has 70 valence electrons. The third kappa shape index (κ3) is 1.14.